The highest BCUT2D eigenvalue weighted by molar-refractivity contribution is 6.26. The number of nitrogens with two attached hydrogens (primary N) is 1. The number of aldehydes is 1. The number of likely N-dealkylation sites (tertiary alicyclic amines) is 1. The highest BCUT2D eigenvalue weighted by atomic mass is 16.2. The summed E-state index contributed by atoms with van der Waals surface area (Å²) in [5, 5.41) is 15.8. The van der Waals surface area contributed by atoms with E-state index in [4.69, 9.17) is 10.7 Å². The number of rotatable bonds is 22. The van der Waals surface area contributed by atoms with Crippen LogP contribution in [-0.2, 0) is 38.8 Å². The van der Waals surface area contributed by atoms with Crippen LogP contribution in [0, 0.1) is 0 Å². The number of fused-ring (bicyclic) bond motifs is 1. The zero-order valence-corrected chi connectivity index (χ0v) is 35.0. The van der Waals surface area contributed by atoms with Gasteiger partial charge in [0.25, 0.3) is 17.7 Å². The molecule has 3 aliphatic heterocycles. The molecule has 5 heterocycles. The third-order valence-corrected chi connectivity index (χ3v) is 10.8. The third-order valence-electron chi connectivity index (χ3n) is 10.8. The van der Waals surface area contributed by atoms with Crippen LogP contribution < -0.4 is 26.8 Å². The van der Waals surface area contributed by atoms with Crippen molar-refractivity contribution in [3.05, 3.63) is 102 Å². The third kappa shape index (κ3) is 10.3. The number of amides is 4. The zero-order chi connectivity index (χ0) is 43.3. The molecular weight excluding hydrogens is 765 g/mol. The Hall–Kier alpha value is -6.20. The van der Waals surface area contributed by atoms with Crippen molar-refractivity contribution in [2.45, 2.75) is 84.0 Å². The molecule has 60 heavy (non-hydrogen) atoms. The van der Waals surface area contributed by atoms with Crippen LogP contribution in [0.25, 0.3) is 5.70 Å². The molecule has 1 unspecified atom stereocenters. The Bertz CT molecular complexity index is 2080. The van der Waals surface area contributed by atoms with Crippen molar-refractivity contribution in [2.75, 3.05) is 45.3 Å². The van der Waals surface area contributed by atoms with Crippen LogP contribution >= 0.6 is 0 Å². The first-order valence-corrected chi connectivity index (χ1v) is 20.5. The summed E-state index contributed by atoms with van der Waals surface area (Å²) in [7, 11) is 3.47. The number of nitrogens with zero attached hydrogens (tertiary/aromatic N) is 8. The van der Waals surface area contributed by atoms with E-state index in [0.29, 0.717) is 60.9 Å². The predicted molar refractivity (Wildman–Crippen MR) is 229 cm³/mol. The van der Waals surface area contributed by atoms with Gasteiger partial charge in [-0.2, -0.15) is 0 Å². The van der Waals surface area contributed by atoms with Gasteiger partial charge < -0.3 is 35.5 Å². The van der Waals surface area contributed by atoms with E-state index in [1.807, 2.05) is 22.6 Å². The van der Waals surface area contributed by atoms with Crippen molar-refractivity contribution >= 4 is 41.4 Å². The minimum absolute atomic E-state index is 0.0166. The van der Waals surface area contributed by atoms with E-state index in [1.165, 1.54) is 13.1 Å². The predicted octanol–water partition coefficient (Wildman–Crippen LogP) is 2.86. The average molecular weight is 823 g/mol. The number of carbonyl (C=O) groups excluding carboxylic acids is 5. The molecular formula is C43H58N12O5. The summed E-state index contributed by atoms with van der Waals surface area (Å²) >= 11 is 0. The molecule has 17 nitrogen and oxygen atoms in total. The van der Waals surface area contributed by atoms with Crippen molar-refractivity contribution < 1.29 is 24.0 Å². The number of hydrogen-bond acceptors (Lipinski definition) is 13. The van der Waals surface area contributed by atoms with E-state index in [-0.39, 0.29) is 29.9 Å². The minimum Gasteiger partial charge on any atom is -0.396 e. The molecule has 2 aromatic rings. The number of hydrogen-bond donors (Lipinski definition) is 4. The van der Waals surface area contributed by atoms with E-state index in [9.17, 15) is 24.0 Å². The number of carbonyl (C=O) groups is 5. The lowest BCUT2D eigenvalue weighted by Crippen LogP contribution is -2.48. The Morgan fingerprint density at radius 3 is 2.62 bits per heavy atom. The number of allylic oxidation sites excluding steroid dienone is 4. The highest BCUT2D eigenvalue weighted by Gasteiger charge is 2.45. The van der Waals surface area contributed by atoms with Crippen LogP contribution in [0.1, 0.15) is 85.7 Å². The maximum Gasteiger partial charge on any atom is 0.264 e. The SMILES string of the molecule is C=C/C(NCCCCCCN(C)Cc1nc(N2CCCCN2)cc2c1CN(C(=C)/C=C\C=C(/N)c1nncn1CC)C2=O)=C1\C(=C)C(=O)N(C(CCC=O)C(=O)NC)C1=O. The number of anilines is 1. The molecule has 0 aromatic carbocycles. The lowest BCUT2D eigenvalue weighted by Gasteiger charge is -2.29. The van der Waals surface area contributed by atoms with Gasteiger partial charge in [0.1, 0.15) is 24.5 Å². The van der Waals surface area contributed by atoms with Crippen molar-refractivity contribution in [2.24, 2.45) is 5.73 Å². The van der Waals surface area contributed by atoms with Gasteiger partial charge in [0.2, 0.25) is 5.91 Å². The smallest absolute Gasteiger partial charge is 0.264 e. The minimum atomic E-state index is -1.12. The molecule has 2 fully saturated rings. The van der Waals surface area contributed by atoms with Gasteiger partial charge in [-0.25, -0.2) is 10.4 Å². The van der Waals surface area contributed by atoms with Crippen LogP contribution in [0.3, 0.4) is 0 Å². The lowest BCUT2D eigenvalue weighted by molar-refractivity contribution is -0.145. The van der Waals surface area contributed by atoms with Gasteiger partial charge >= 0.3 is 0 Å². The first-order valence-electron chi connectivity index (χ1n) is 20.5. The van der Waals surface area contributed by atoms with E-state index in [2.05, 4.69) is 57.9 Å². The molecule has 5 N–H and O–H groups in total. The first kappa shape index (κ1) is 44.9. The summed E-state index contributed by atoms with van der Waals surface area (Å²) < 4.78 is 1.85. The molecule has 2 aromatic heterocycles. The van der Waals surface area contributed by atoms with Gasteiger partial charge in [-0.3, -0.25) is 29.1 Å². The number of aryl methyl sites for hydroxylation is 1. The van der Waals surface area contributed by atoms with Crippen molar-refractivity contribution in [1.82, 2.24) is 50.5 Å². The summed E-state index contributed by atoms with van der Waals surface area (Å²) in [6.45, 7) is 18.4. The molecule has 4 amide bonds. The zero-order valence-electron chi connectivity index (χ0n) is 35.0. The van der Waals surface area contributed by atoms with Gasteiger partial charge in [0.05, 0.1) is 29.1 Å². The Labute approximate surface area is 351 Å². The summed E-state index contributed by atoms with van der Waals surface area (Å²) in [5.74, 6) is -0.658. The number of hydrazine groups is 1. The second-order valence-electron chi connectivity index (χ2n) is 14.9. The second kappa shape index (κ2) is 21.2. The molecule has 3 aliphatic rings. The molecule has 2 saturated heterocycles. The summed E-state index contributed by atoms with van der Waals surface area (Å²) in [4.78, 5) is 73.8. The summed E-state index contributed by atoms with van der Waals surface area (Å²) in [6.07, 6.45) is 14.7. The Kier molecular flexibility index (Phi) is 15.8. The summed E-state index contributed by atoms with van der Waals surface area (Å²) in [5.41, 5.74) is 13.5. The maximum absolute atomic E-state index is 13.9. The van der Waals surface area contributed by atoms with Crippen molar-refractivity contribution in [1.29, 1.82) is 0 Å². The Balaban J connectivity index is 1.16. The van der Waals surface area contributed by atoms with Gasteiger partial charge in [0, 0.05) is 68.7 Å². The monoisotopic (exact) mass is 822 g/mol. The molecule has 320 valence electrons. The van der Waals surface area contributed by atoms with Gasteiger partial charge in [-0.05, 0) is 76.9 Å². The number of likely N-dealkylation sites (N-methyl/N-ethyl adjacent to an activating group) is 1. The van der Waals surface area contributed by atoms with Crippen LogP contribution in [-0.4, -0.2) is 111 Å². The largest absolute Gasteiger partial charge is 0.396 e. The average Bonchev–Trinajstić information content (AvgIpc) is 3.93. The molecule has 5 rings (SSSR count). The number of unbranched alkanes of at least 4 members (excludes halogenated alkanes) is 3. The van der Waals surface area contributed by atoms with Crippen LogP contribution in [0.2, 0.25) is 0 Å². The topological polar surface area (TPSA) is 204 Å². The standard InChI is InChI=1S/C43H58N12O5/c1-7-34(38-30(4)41(58)55(43(38)60)36(19-16-24-56)40(57)45-5)46-20-11-9-10-13-22-51(6)27-35-32-26-53(29(3)17-15-18-33(44)39-50-47-28-52(39)8-2)42(59)31(32)25-37(49-35)54-23-14-12-21-48-54/h7,15,17-18,24-25,28,36,46,48H,1,3-4,8-14,16,19-23,26-27,44H2,2,5-6H3,(H,45,57)/b17-15-,33-18-,38-34-. The fraction of sp³-hybridized carbons (Fsp3) is 0.442. The number of imide groups is 1. The second-order valence-corrected chi connectivity index (χ2v) is 14.9. The highest BCUT2D eigenvalue weighted by Crippen LogP contribution is 2.32. The molecule has 17 heteroatoms. The van der Waals surface area contributed by atoms with Crippen molar-refractivity contribution in [3.8, 4) is 0 Å². The van der Waals surface area contributed by atoms with Gasteiger partial charge in [-0.1, -0.05) is 38.7 Å². The molecule has 1 atom stereocenters. The summed E-state index contributed by atoms with van der Waals surface area (Å²) in [6, 6.07) is 0.767. The fourth-order valence-electron chi connectivity index (χ4n) is 7.48. The van der Waals surface area contributed by atoms with E-state index in [1.54, 1.807) is 29.5 Å². The van der Waals surface area contributed by atoms with E-state index < -0.39 is 23.8 Å². The Morgan fingerprint density at radius 1 is 1.13 bits per heavy atom. The fourth-order valence-corrected chi connectivity index (χ4v) is 7.48. The molecule has 0 bridgehead atoms. The quantitative estimate of drug-likeness (QED) is 0.0444. The van der Waals surface area contributed by atoms with Crippen molar-refractivity contribution in [3.63, 3.8) is 0 Å². The molecule has 0 aliphatic carbocycles. The van der Waals surface area contributed by atoms with Gasteiger partial charge in [0.15, 0.2) is 5.82 Å². The van der Waals surface area contributed by atoms with Gasteiger partial charge in [-0.15, -0.1) is 10.2 Å². The van der Waals surface area contributed by atoms with E-state index in [0.717, 1.165) is 80.1 Å². The number of pyridine rings is 1. The number of aromatic nitrogens is 4. The van der Waals surface area contributed by atoms with Crippen LogP contribution in [0.5, 0.6) is 0 Å². The Morgan fingerprint density at radius 2 is 1.92 bits per heavy atom. The molecule has 0 radical (unpaired) electrons. The normalized spacial score (nSPS) is 17.2. The maximum atomic E-state index is 13.9. The van der Waals surface area contributed by atoms with Crippen LogP contribution in [0.4, 0.5) is 5.82 Å². The molecule has 0 saturated carbocycles. The van der Waals surface area contributed by atoms with E-state index >= 15 is 0 Å². The first-order chi connectivity index (χ1) is 28.9. The lowest BCUT2D eigenvalue weighted by atomic mass is 10.1. The number of nitrogens with one attached hydrogen (secondary N) is 3. The van der Waals surface area contributed by atoms with Crippen LogP contribution in [0.15, 0.2) is 79.0 Å². The molecule has 0 spiro atoms.